The van der Waals surface area contributed by atoms with E-state index < -0.39 is 5.91 Å². The van der Waals surface area contributed by atoms with Crippen molar-refractivity contribution in [2.45, 2.75) is 13.8 Å². The highest BCUT2D eigenvalue weighted by Gasteiger charge is 2.14. The SMILES string of the molecule is CC(C)CN(CCN(C)C)c1cc(C(N)=O)ccc1N. The first-order valence-corrected chi connectivity index (χ1v) is 6.90. The Hall–Kier alpha value is -1.75. The van der Waals surface area contributed by atoms with Gasteiger partial charge in [0.25, 0.3) is 0 Å². The molecule has 0 saturated carbocycles. The maximum Gasteiger partial charge on any atom is 0.248 e. The lowest BCUT2D eigenvalue weighted by Crippen LogP contribution is -2.35. The highest BCUT2D eigenvalue weighted by Crippen LogP contribution is 2.25. The number of primary amides is 1. The fourth-order valence-corrected chi connectivity index (χ4v) is 2.04. The quantitative estimate of drug-likeness (QED) is 0.739. The van der Waals surface area contributed by atoms with Crippen LogP contribution < -0.4 is 16.4 Å². The lowest BCUT2D eigenvalue weighted by Gasteiger charge is -2.29. The van der Waals surface area contributed by atoms with Crippen molar-refractivity contribution in [3.05, 3.63) is 23.8 Å². The van der Waals surface area contributed by atoms with Crippen LogP contribution >= 0.6 is 0 Å². The molecule has 1 aromatic rings. The smallest absolute Gasteiger partial charge is 0.248 e. The van der Waals surface area contributed by atoms with E-state index in [4.69, 9.17) is 11.5 Å². The monoisotopic (exact) mass is 278 g/mol. The predicted octanol–water partition coefficient (Wildman–Crippen LogP) is 1.39. The Morgan fingerprint density at radius 2 is 1.90 bits per heavy atom. The molecule has 112 valence electrons. The van der Waals surface area contributed by atoms with Crippen molar-refractivity contribution in [1.29, 1.82) is 0 Å². The van der Waals surface area contributed by atoms with Gasteiger partial charge in [0.05, 0.1) is 11.4 Å². The number of nitrogens with zero attached hydrogens (tertiary/aromatic N) is 2. The average Bonchev–Trinajstić information content (AvgIpc) is 2.34. The molecule has 4 N–H and O–H groups in total. The summed E-state index contributed by atoms with van der Waals surface area (Å²) in [7, 11) is 4.08. The molecule has 20 heavy (non-hydrogen) atoms. The second-order valence-electron chi connectivity index (χ2n) is 5.78. The fraction of sp³-hybridized carbons (Fsp3) is 0.533. The number of carbonyl (C=O) groups excluding carboxylic acids is 1. The zero-order chi connectivity index (χ0) is 15.3. The van der Waals surface area contributed by atoms with Crippen LogP contribution in [-0.4, -0.2) is 44.5 Å². The van der Waals surface area contributed by atoms with Crippen LogP contribution in [0.2, 0.25) is 0 Å². The number of anilines is 2. The van der Waals surface area contributed by atoms with E-state index >= 15 is 0 Å². The summed E-state index contributed by atoms with van der Waals surface area (Å²) in [5.74, 6) is 0.0807. The summed E-state index contributed by atoms with van der Waals surface area (Å²) in [5.41, 5.74) is 13.5. The van der Waals surface area contributed by atoms with Crippen molar-refractivity contribution in [2.75, 3.05) is 44.4 Å². The third kappa shape index (κ3) is 4.74. The Kier molecular flexibility index (Phi) is 5.82. The second-order valence-corrected chi connectivity index (χ2v) is 5.78. The van der Waals surface area contributed by atoms with Crippen LogP contribution in [0, 0.1) is 5.92 Å². The second kappa shape index (κ2) is 7.14. The highest BCUT2D eigenvalue weighted by molar-refractivity contribution is 5.95. The number of amides is 1. The molecule has 0 bridgehead atoms. The van der Waals surface area contributed by atoms with Gasteiger partial charge in [0.1, 0.15) is 0 Å². The molecular weight excluding hydrogens is 252 g/mol. The average molecular weight is 278 g/mol. The number of benzene rings is 1. The number of carbonyl (C=O) groups is 1. The Balaban J connectivity index is 3.04. The summed E-state index contributed by atoms with van der Waals surface area (Å²) < 4.78 is 0. The third-order valence-electron chi connectivity index (χ3n) is 3.06. The molecule has 5 nitrogen and oxygen atoms in total. The lowest BCUT2D eigenvalue weighted by molar-refractivity contribution is 0.100. The van der Waals surface area contributed by atoms with E-state index in [-0.39, 0.29) is 0 Å². The number of nitrogens with two attached hydrogens (primary N) is 2. The van der Waals surface area contributed by atoms with Crippen molar-refractivity contribution in [2.24, 2.45) is 11.7 Å². The molecule has 0 aliphatic rings. The highest BCUT2D eigenvalue weighted by atomic mass is 16.1. The summed E-state index contributed by atoms with van der Waals surface area (Å²) in [4.78, 5) is 15.7. The van der Waals surface area contributed by atoms with Crippen LogP contribution in [0.25, 0.3) is 0 Å². The Morgan fingerprint density at radius 1 is 1.25 bits per heavy atom. The van der Waals surface area contributed by atoms with Gasteiger partial charge in [-0.1, -0.05) is 13.8 Å². The zero-order valence-electron chi connectivity index (χ0n) is 12.9. The number of hydrogen-bond donors (Lipinski definition) is 2. The molecule has 1 amide bonds. The van der Waals surface area contributed by atoms with Gasteiger partial charge in [-0.25, -0.2) is 0 Å². The van der Waals surface area contributed by atoms with Gasteiger partial charge < -0.3 is 21.3 Å². The van der Waals surface area contributed by atoms with Gasteiger partial charge in [0, 0.05) is 25.2 Å². The minimum absolute atomic E-state index is 0.427. The molecule has 0 aliphatic carbocycles. The Bertz CT molecular complexity index is 457. The number of nitrogen functional groups attached to an aromatic ring is 1. The van der Waals surface area contributed by atoms with Gasteiger partial charge in [0.2, 0.25) is 5.91 Å². The Labute approximate surface area is 121 Å². The topological polar surface area (TPSA) is 75.6 Å². The van der Waals surface area contributed by atoms with Crippen LogP contribution in [0.4, 0.5) is 11.4 Å². The maximum atomic E-state index is 11.3. The number of rotatable bonds is 7. The van der Waals surface area contributed by atoms with E-state index in [1.165, 1.54) is 0 Å². The first-order valence-electron chi connectivity index (χ1n) is 6.90. The van der Waals surface area contributed by atoms with Crippen LogP contribution in [0.15, 0.2) is 18.2 Å². The van der Waals surface area contributed by atoms with E-state index in [0.29, 0.717) is 17.2 Å². The minimum atomic E-state index is -0.427. The van der Waals surface area contributed by atoms with Crippen molar-refractivity contribution in [1.82, 2.24) is 4.90 Å². The standard InChI is InChI=1S/C15H26N4O/c1-11(2)10-19(8-7-18(3)4)14-9-12(15(17)20)5-6-13(14)16/h5-6,9,11H,7-8,10,16H2,1-4H3,(H2,17,20). The van der Waals surface area contributed by atoms with Crippen molar-refractivity contribution < 1.29 is 4.79 Å². The molecule has 0 aliphatic heterocycles. The van der Waals surface area contributed by atoms with Crippen molar-refractivity contribution in [3.63, 3.8) is 0 Å². The molecule has 0 fully saturated rings. The third-order valence-corrected chi connectivity index (χ3v) is 3.06. The number of hydrogen-bond acceptors (Lipinski definition) is 4. The molecule has 0 heterocycles. The predicted molar refractivity (Wildman–Crippen MR) is 85.0 cm³/mol. The molecule has 0 saturated heterocycles. The zero-order valence-corrected chi connectivity index (χ0v) is 12.9. The fourth-order valence-electron chi connectivity index (χ4n) is 2.04. The van der Waals surface area contributed by atoms with Gasteiger partial charge in [-0.2, -0.15) is 0 Å². The summed E-state index contributed by atoms with van der Waals surface area (Å²) in [6.07, 6.45) is 0. The molecule has 0 spiro atoms. The summed E-state index contributed by atoms with van der Waals surface area (Å²) in [6, 6.07) is 5.20. The van der Waals surface area contributed by atoms with Crippen molar-refractivity contribution in [3.8, 4) is 0 Å². The van der Waals surface area contributed by atoms with E-state index in [9.17, 15) is 4.79 Å². The lowest BCUT2D eigenvalue weighted by atomic mass is 10.1. The molecule has 5 heteroatoms. The molecule has 1 aromatic carbocycles. The molecule has 1 rings (SSSR count). The summed E-state index contributed by atoms with van der Waals surface area (Å²) in [6.45, 7) is 7.00. The van der Waals surface area contributed by atoms with E-state index in [0.717, 1.165) is 25.3 Å². The molecule has 0 unspecified atom stereocenters. The Morgan fingerprint density at radius 3 is 2.40 bits per heavy atom. The van der Waals surface area contributed by atoms with Crippen LogP contribution in [0.3, 0.4) is 0 Å². The minimum Gasteiger partial charge on any atom is -0.397 e. The largest absolute Gasteiger partial charge is 0.397 e. The van der Waals surface area contributed by atoms with Crippen molar-refractivity contribution >= 4 is 17.3 Å². The van der Waals surface area contributed by atoms with Gasteiger partial charge in [-0.15, -0.1) is 0 Å². The summed E-state index contributed by atoms with van der Waals surface area (Å²) in [5, 5.41) is 0. The first-order chi connectivity index (χ1) is 9.31. The summed E-state index contributed by atoms with van der Waals surface area (Å²) >= 11 is 0. The van der Waals surface area contributed by atoms with Gasteiger partial charge in [-0.05, 0) is 38.2 Å². The van der Waals surface area contributed by atoms with Crippen LogP contribution in [-0.2, 0) is 0 Å². The molecular formula is C15H26N4O. The number of likely N-dealkylation sites (N-methyl/N-ethyl adjacent to an activating group) is 1. The van der Waals surface area contributed by atoms with E-state index in [2.05, 4.69) is 23.6 Å². The van der Waals surface area contributed by atoms with E-state index in [1.54, 1.807) is 18.2 Å². The van der Waals surface area contributed by atoms with Crippen LogP contribution in [0.1, 0.15) is 24.2 Å². The van der Waals surface area contributed by atoms with Gasteiger partial charge >= 0.3 is 0 Å². The molecule has 0 atom stereocenters. The van der Waals surface area contributed by atoms with Gasteiger partial charge in [-0.3, -0.25) is 4.79 Å². The molecule has 0 aromatic heterocycles. The maximum absolute atomic E-state index is 11.3. The normalized spacial score (nSPS) is 11.1. The molecule has 0 radical (unpaired) electrons. The van der Waals surface area contributed by atoms with Crippen LogP contribution in [0.5, 0.6) is 0 Å². The van der Waals surface area contributed by atoms with E-state index in [1.807, 2.05) is 14.1 Å². The first kappa shape index (κ1) is 16.3. The van der Waals surface area contributed by atoms with Gasteiger partial charge in [0.15, 0.2) is 0 Å².